The van der Waals surface area contributed by atoms with Crippen LogP contribution in [0.2, 0.25) is 0 Å². The molecule has 0 heterocycles. The second-order valence-electron chi connectivity index (χ2n) is 5.57. The molecule has 6 heteroatoms. The Morgan fingerprint density at radius 1 is 1.40 bits per heavy atom. The van der Waals surface area contributed by atoms with Crippen molar-refractivity contribution in [1.29, 1.82) is 0 Å². The van der Waals surface area contributed by atoms with E-state index in [1.54, 1.807) is 32.0 Å². The molecule has 0 radical (unpaired) electrons. The van der Waals surface area contributed by atoms with Crippen molar-refractivity contribution in [3.05, 3.63) is 23.8 Å². The van der Waals surface area contributed by atoms with Crippen LogP contribution in [0.15, 0.2) is 18.2 Å². The van der Waals surface area contributed by atoms with Crippen molar-refractivity contribution in [2.75, 3.05) is 19.9 Å². The molecular weight excluding hydrogens is 278 g/mol. The number of rotatable bonds is 6. The van der Waals surface area contributed by atoms with Gasteiger partial charge in [0.1, 0.15) is 0 Å². The molecule has 0 aliphatic heterocycles. The van der Waals surface area contributed by atoms with Gasteiger partial charge in [0.05, 0.1) is 11.9 Å². The fourth-order valence-electron chi connectivity index (χ4n) is 1.61. The van der Waals surface area contributed by atoms with Crippen LogP contribution < -0.4 is 10.1 Å². The molecule has 0 spiro atoms. The minimum absolute atomic E-state index is 0.0504. The zero-order valence-corrected chi connectivity index (χ0v) is 13.4. The predicted octanol–water partition coefficient (Wildman–Crippen LogP) is 1.87. The summed E-state index contributed by atoms with van der Waals surface area (Å²) < 4.78 is 27.5. The first-order valence-corrected chi connectivity index (χ1v) is 8.27. The van der Waals surface area contributed by atoms with E-state index in [0.29, 0.717) is 12.3 Å². The van der Waals surface area contributed by atoms with Crippen LogP contribution in [0.3, 0.4) is 0 Å². The molecule has 20 heavy (non-hydrogen) atoms. The van der Waals surface area contributed by atoms with Crippen molar-refractivity contribution in [2.45, 2.75) is 31.6 Å². The molecule has 0 fully saturated rings. The molecule has 0 bridgehead atoms. The highest BCUT2D eigenvalue weighted by Gasteiger charge is 2.30. The monoisotopic (exact) mass is 301 g/mol. The maximum atomic E-state index is 11.7. The molecule has 114 valence electrons. The lowest BCUT2D eigenvalue weighted by Crippen LogP contribution is -2.42. The Labute approximate surface area is 120 Å². The van der Waals surface area contributed by atoms with Crippen LogP contribution in [0.4, 0.5) is 0 Å². The number of benzene rings is 1. The summed E-state index contributed by atoms with van der Waals surface area (Å²) in [7, 11) is -1.64. The highest BCUT2D eigenvalue weighted by atomic mass is 32.2. The summed E-state index contributed by atoms with van der Waals surface area (Å²) in [6.07, 6.45) is 1.24. The Morgan fingerprint density at radius 2 is 2.00 bits per heavy atom. The molecule has 2 N–H and O–H groups in total. The van der Waals surface area contributed by atoms with Crippen molar-refractivity contribution in [2.24, 2.45) is 0 Å². The Hall–Kier alpha value is -1.27. The molecular formula is C14H23NO4S. The van der Waals surface area contributed by atoms with Gasteiger partial charge in [0.15, 0.2) is 21.3 Å². The maximum absolute atomic E-state index is 11.7. The average Bonchev–Trinajstić information content (AvgIpc) is 2.35. The minimum atomic E-state index is -3.13. The van der Waals surface area contributed by atoms with E-state index in [-0.39, 0.29) is 11.8 Å². The van der Waals surface area contributed by atoms with Crippen LogP contribution in [0.5, 0.6) is 11.5 Å². The fourth-order valence-corrected chi connectivity index (χ4v) is 1.96. The normalized spacial score (nSPS) is 14.1. The number of aromatic hydroxyl groups is 1. The smallest absolute Gasteiger partial charge is 0.160 e. The van der Waals surface area contributed by atoms with E-state index >= 15 is 0 Å². The van der Waals surface area contributed by atoms with Gasteiger partial charge in [-0.15, -0.1) is 0 Å². The maximum Gasteiger partial charge on any atom is 0.160 e. The third kappa shape index (κ3) is 3.86. The largest absolute Gasteiger partial charge is 0.504 e. The summed E-state index contributed by atoms with van der Waals surface area (Å²) >= 11 is 0. The number of hydrogen-bond acceptors (Lipinski definition) is 5. The first-order valence-electron chi connectivity index (χ1n) is 6.38. The van der Waals surface area contributed by atoms with E-state index in [1.807, 2.05) is 6.92 Å². The van der Waals surface area contributed by atoms with E-state index in [2.05, 4.69) is 5.32 Å². The lowest BCUT2D eigenvalue weighted by molar-refractivity contribution is 0.372. The molecule has 1 aromatic rings. The van der Waals surface area contributed by atoms with Crippen LogP contribution in [0, 0.1) is 0 Å². The lowest BCUT2D eigenvalue weighted by atomic mass is 10.1. The molecule has 0 aliphatic carbocycles. The van der Waals surface area contributed by atoms with Crippen molar-refractivity contribution in [1.82, 2.24) is 5.32 Å². The highest BCUT2D eigenvalue weighted by Crippen LogP contribution is 2.29. The number of phenolic OH excluding ortho intramolecular Hbond substituents is 1. The summed E-state index contributed by atoms with van der Waals surface area (Å²) in [5.41, 5.74) is 0.920. The van der Waals surface area contributed by atoms with Crippen LogP contribution in [0.25, 0.3) is 0 Å². The summed E-state index contributed by atoms with van der Waals surface area (Å²) in [4.78, 5) is 0. The number of phenols is 1. The molecule has 5 nitrogen and oxygen atoms in total. The number of nitrogens with one attached hydrogen (secondary N) is 1. The SMILES string of the molecule is COc1cc(C(C)NCC(C)(C)S(C)(=O)=O)ccc1O. The molecule has 1 atom stereocenters. The van der Waals surface area contributed by atoms with E-state index in [4.69, 9.17) is 4.74 Å². The van der Waals surface area contributed by atoms with Gasteiger partial charge in [-0.1, -0.05) is 6.07 Å². The third-order valence-electron chi connectivity index (χ3n) is 3.54. The van der Waals surface area contributed by atoms with E-state index in [0.717, 1.165) is 5.56 Å². The Balaban J connectivity index is 2.80. The van der Waals surface area contributed by atoms with E-state index in [1.165, 1.54) is 13.4 Å². The number of ether oxygens (including phenoxy) is 1. The van der Waals surface area contributed by atoms with Gasteiger partial charge in [-0.05, 0) is 38.5 Å². The van der Waals surface area contributed by atoms with Crippen molar-refractivity contribution in [3.63, 3.8) is 0 Å². The van der Waals surface area contributed by atoms with Crippen LogP contribution in [-0.4, -0.2) is 38.2 Å². The van der Waals surface area contributed by atoms with Crippen molar-refractivity contribution >= 4 is 9.84 Å². The fraction of sp³-hybridized carbons (Fsp3) is 0.571. The third-order valence-corrected chi connectivity index (χ3v) is 5.69. The Kier molecular flexibility index (Phi) is 5.05. The summed E-state index contributed by atoms with van der Waals surface area (Å²) in [6.45, 7) is 5.67. The summed E-state index contributed by atoms with van der Waals surface area (Å²) in [6, 6.07) is 5.03. The number of hydrogen-bond donors (Lipinski definition) is 2. The van der Waals surface area contributed by atoms with Crippen LogP contribution in [-0.2, 0) is 9.84 Å². The first-order chi connectivity index (χ1) is 9.08. The Morgan fingerprint density at radius 3 is 2.50 bits per heavy atom. The standard InChI is InChI=1S/C14H23NO4S/c1-10(15-9-14(2,3)20(5,17)18)11-6-7-12(16)13(8-11)19-4/h6-8,10,15-16H,9H2,1-5H3. The van der Waals surface area contributed by atoms with Gasteiger partial charge in [0.25, 0.3) is 0 Å². The minimum Gasteiger partial charge on any atom is -0.504 e. The highest BCUT2D eigenvalue weighted by molar-refractivity contribution is 7.92. The molecule has 1 aromatic carbocycles. The number of methoxy groups -OCH3 is 1. The Bertz CT molecular complexity index is 567. The molecule has 1 rings (SSSR count). The van der Waals surface area contributed by atoms with E-state index in [9.17, 15) is 13.5 Å². The molecule has 0 amide bonds. The lowest BCUT2D eigenvalue weighted by Gasteiger charge is -2.25. The van der Waals surface area contributed by atoms with Gasteiger partial charge in [-0.3, -0.25) is 0 Å². The zero-order valence-electron chi connectivity index (χ0n) is 12.6. The zero-order chi connectivity index (χ0) is 15.6. The van der Waals surface area contributed by atoms with E-state index < -0.39 is 14.6 Å². The average molecular weight is 301 g/mol. The van der Waals surface area contributed by atoms with Gasteiger partial charge >= 0.3 is 0 Å². The molecule has 0 aromatic heterocycles. The van der Waals surface area contributed by atoms with Gasteiger partial charge in [0, 0.05) is 18.8 Å². The van der Waals surface area contributed by atoms with Crippen molar-refractivity contribution in [3.8, 4) is 11.5 Å². The summed E-state index contributed by atoms with van der Waals surface area (Å²) in [5.74, 6) is 0.485. The summed E-state index contributed by atoms with van der Waals surface area (Å²) in [5, 5.41) is 12.8. The molecule has 1 unspecified atom stereocenters. The van der Waals surface area contributed by atoms with Gasteiger partial charge < -0.3 is 15.2 Å². The first kappa shape index (κ1) is 16.8. The van der Waals surface area contributed by atoms with Crippen LogP contribution in [0.1, 0.15) is 32.4 Å². The molecule has 0 saturated heterocycles. The second kappa shape index (κ2) is 6.01. The predicted molar refractivity (Wildman–Crippen MR) is 80.0 cm³/mol. The molecule has 0 saturated carbocycles. The van der Waals surface area contributed by atoms with Crippen molar-refractivity contribution < 1.29 is 18.3 Å². The number of sulfone groups is 1. The van der Waals surface area contributed by atoms with Crippen LogP contribution >= 0.6 is 0 Å². The second-order valence-corrected chi connectivity index (χ2v) is 8.22. The quantitative estimate of drug-likeness (QED) is 0.839. The van der Waals surface area contributed by atoms with Gasteiger partial charge in [0.2, 0.25) is 0 Å². The topological polar surface area (TPSA) is 75.6 Å². The van der Waals surface area contributed by atoms with Gasteiger partial charge in [-0.2, -0.15) is 0 Å². The van der Waals surface area contributed by atoms with Gasteiger partial charge in [-0.25, -0.2) is 8.42 Å². The molecule has 0 aliphatic rings.